The number of likely N-dealkylation sites (tertiary alicyclic amines) is 1. The van der Waals surface area contributed by atoms with Crippen LogP contribution in [0.4, 0.5) is 0 Å². The van der Waals surface area contributed by atoms with Crippen LogP contribution in [-0.4, -0.2) is 41.9 Å². The average molecular weight is 405 g/mol. The molecule has 1 N–H and O–H groups in total. The third-order valence-corrected chi connectivity index (χ3v) is 6.14. The van der Waals surface area contributed by atoms with Crippen LogP contribution in [0.1, 0.15) is 25.3 Å². The van der Waals surface area contributed by atoms with E-state index >= 15 is 0 Å². The lowest BCUT2D eigenvalue weighted by molar-refractivity contribution is -0.137. The molecule has 142 valence electrons. The van der Waals surface area contributed by atoms with Crippen LogP contribution < -0.4 is 10.1 Å². The second kappa shape index (κ2) is 7.52. The smallest absolute Gasteiger partial charge is 0.242 e. The Morgan fingerprint density at radius 1 is 1.37 bits per heavy atom. The predicted octanol–water partition coefficient (Wildman–Crippen LogP) is 3.50. The maximum Gasteiger partial charge on any atom is 0.242 e. The lowest BCUT2D eigenvalue weighted by Gasteiger charge is -2.23. The molecule has 0 aliphatic carbocycles. The fourth-order valence-electron chi connectivity index (χ4n) is 3.85. The molecule has 1 aromatic heterocycles. The summed E-state index contributed by atoms with van der Waals surface area (Å²) < 4.78 is 5.97. The Bertz CT molecular complexity index is 868. The molecule has 2 aliphatic heterocycles. The van der Waals surface area contributed by atoms with Crippen molar-refractivity contribution >= 4 is 34.8 Å². The van der Waals surface area contributed by atoms with Gasteiger partial charge in [-0.2, -0.15) is 11.3 Å². The first kappa shape index (κ1) is 18.3. The number of nitrogens with zero attached hydrogens (tertiary/aromatic N) is 1. The van der Waals surface area contributed by atoms with Gasteiger partial charge in [-0.05, 0) is 52.9 Å². The van der Waals surface area contributed by atoms with Gasteiger partial charge in [0, 0.05) is 25.5 Å². The summed E-state index contributed by atoms with van der Waals surface area (Å²) in [6, 6.07) is 5.74. The summed E-state index contributed by atoms with van der Waals surface area (Å²) in [5, 5.41) is 7.68. The van der Waals surface area contributed by atoms with E-state index in [2.05, 4.69) is 22.8 Å². The summed E-state index contributed by atoms with van der Waals surface area (Å²) in [4.78, 5) is 25.8. The van der Waals surface area contributed by atoms with E-state index in [4.69, 9.17) is 16.3 Å². The number of hydrogen-bond acceptors (Lipinski definition) is 4. The normalized spacial score (nSPS) is 21.0. The van der Waals surface area contributed by atoms with Gasteiger partial charge in [0.05, 0.1) is 11.6 Å². The third kappa shape index (κ3) is 3.69. The van der Waals surface area contributed by atoms with E-state index in [1.807, 2.05) is 11.4 Å². The lowest BCUT2D eigenvalue weighted by atomic mass is 10.0. The number of rotatable bonds is 4. The zero-order chi connectivity index (χ0) is 19.0. The van der Waals surface area contributed by atoms with Crippen LogP contribution >= 0.6 is 22.9 Å². The maximum atomic E-state index is 12.5. The van der Waals surface area contributed by atoms with Crippen molar-refractivity contribution in [2.75, 3.05) is 13.1 Å². The number of benzene rings is 1. The summed E-state index contributed by atoms with van der Waals surface area (Å²) in [6.45, 7) is 2.56. The highest BCUT2D eigenvalue weighted by molar-refractivity contribution is 7.08. The molecule has 0 spiro atoms. The minimum Gasteiger partial charge on any atom is -0.486 e. The van der Waals surface area contributed by atoms with E-state index < -0.39 is 0 Å². The zero-order valence-corrected chi connectivity index (χ0v) is 16.6. The van der Waals surface area contributed by atoms with Gasteiger partial charge >= 0.3 is 0 Å². The van der Waals surface area contributed by atoms with Gasteiger partial charge in [-0.3, -0.25) is 9.59 Å². The van der Waals surface area contributed by atoms with Gasteiger partial charge in [-0.1, -0.05) is 11.6 Å². The molecule has 1 aromatic carbocycles. The van der Waals surface area contributed by atoms with Crippen molar-refractivity contribution in [3.8, 4) is 16.9 Å². The molecular weight excluding hydrogens is 384 g/mol. The lowest BCUT2D eigenvalue weighted by Crippen LogP contribution is -2.47. The number of fused-ring (bicyclic) bond motifs is 1. The Balaban J connectivity index is 1.39. The van der Waals surface area contributed by atoms with Gasteiger partial charge in [0.1, 0.15) is 17.9 Å². The Labute approximate surface area is 167 Å². The molecule has 0 unspecified atom stereocenters. The standard InChI is InChI=1S/C20H21ClN2O3S/c1-12(24)23-5-2-3-18(23)20(25)22-10-16-8-15-7-14(13-4-6-27-11-13)9-17(21)19(15)26-16/h4,6-7,9,11,16,18H,2-3,5,8,10H2,1H3,(H,22,25)/t16-,18+/m1/s1. The van der Waals surface area contributed by atoms with Crippen molar-refractivity contribution < 1.29 is 14.3 Å². The second-order valence-corrected chi connectivity index (χ2v) is 8.21. The fraction of sp³-hybridized carbons (Fsp3) is 0.400. The van der Waals surface area contributed by atoms with Gasteiger partial charge in [-0.25, -0.2) is 0 Å². The van der Waals surface area contributed by atoms with Crippen molar-refractivity contribution in [3.05, 3.63) is 39.5 Å². The summed E-state index contributed by atoms with van der Waals surface area (Å²) in [5.41, 5.74) is 3.29. The Kier molecular flexibility index (Phi) is 5.10. The number of hydrogen-bond donors (Lipinski definition) is 1. The van der Waals surface area contributed by atoms with Crippen LogP contribution in [0.5, 0.6) is 5.75 Å². The number of nitrogens with one attached hydrogen (secondary N) is 1. The summed E-state index contributed by atoms with van der Waals surface area (Å²) in [5.74, 6) is 0.554. The van der Waals surface area contributed by atoms with Crippen LogP contribution in [0.15, 0.2) is 29.0 Å². The SMILES string of the molecule is CC(=O)N1CCC[C@H]1C(=O)NC[C@H]1Cc2cc(-c3ccsc3)cc(Cl)c2O1. The van der Waals surface area contributed by atoms with E-state index in [1.165, 1.54) is 6.92 Å². The first-order valence-corrected chi connectivity index (χ1v) is 10.4. The van der Waals surface area contributed by atoms with Crippen molar-refractivity contribution in [1.82, 2.24) is 10.2 Å². The Morgan fingerprint density at radius 2 is 2.22 bits per heavy atom. The fourth-order valence-corrected chi connectivity index (χ4v) is 4.79. The summed E-state index contributed by atoms with van der Waals surface area (Å²) in [6.07, 6.45) is 2.14. The van der Waals surface area contributed by atoms with E-state index in [9.17, 15) is 9.59 Å². The van der Waals surface area contributed by atoms with Crippen LogP contribution in [-0.2, 0) is 16.0 Å². The monoisotopic (exact) mass is 404 g/mol. The van der Waals surface area contributed by atoms with Crippen molar-refractivity contribution in [2.24, 2.45) is 0 Å². The number of carbonyl (C=O) groups excluding carboxylic acids is 2. The molecule has 2 amide bonds. The van der Waals surface area contributed by atoms with Gasteiger partial charge in [0.25, 0.3) is 0 Å². The third-order valence-electron chi connectivity index (χ3n) is 5.17. The van der Waals surface area contributed by atoms with Gasteiger partial charge in [-0.15, -0.1) is 0 Å². The molecule has 1 saturated heterocycles. The van der Waals surface area contributed by atoms with Crippen molar-refractivity contribution in [1.29, 1.82) is 0 Å². The molecule has 3 heterocycles. The number of amides is 2. The minimum absolute atomic E-state index is 0.0510. The highest BCUT2D eigenvalue weighted by atomic mass is 35.5. The molecule has 0 bridgehead atoms. The molecular formula is C20H21ClN2O3S. The van der Waals surface area contributed by atoms with E-state index in [-0.39, 0.29) is 24.0 Å². The van der Waals surface area contributed by atoms with Crippen molar-refractivity contribution in [3.63, 3.8) is 0 Å². The Hall–Kier alpha value is -2.05. The van der Waals surface area contributed by atoms with E-state index in [0.29, 0.717) is 36.7 Å². The molecule has 2 atom stereocenters. The second-order valence-electron chi connectivity index (χ2n) is 7.02. The molecule has 5 nitrogen and oxygen atoms in total. The minimum atomic E-state index is -0.361. The molecule has 2 aromatic rings. The summed E-state index contributed by atoms with van der Waals surface area (Å²) in [7, 11) is 0. The number of halogens is 1. The van der Waals surface area contributed by atoms with Crippen LogP contribution in [0.3, 0.4) is 0 Å². The van der Waals surface area contributed by atoms with Gasteiger partial charge in [0.15, 0.2) is 0 Å². The zero-order valence-electron chi connectivity index (χ0n) is 15.0. The molecule has 7 heteroatoms. The van der Waals surface area contributed by atoms with E-state index in [1.54, 1.807) is 16.2 Å². The van der Waals surface area contributed by atoms with Crippen LogP contribution in [0, 0.1) is 0 Å². The highest BCUT2D eigenvalue weighted by Gasteiger charge is 2.33. The molecule has 4 rings (SSSR count). The van der Waals surface area contributed by atoms with Crippen molar-refractivity contribution in [2.45, 2.75) is 38.3 Å². The molecule has 1 fully saturated rings. The quantitative estimate of drug-likeness (QED) is 0.848. The topological polar surface area (TPSA) is 58.6 Å². The molecule has 27 heavy (non-hydrogen) atoms. The average Bonchev–Trinajstić information content (AvgIpc) is 3.38. The molecule has 0 saturated carbocycles. The first-order valence-electron chi connectivity index (χ1n) is 9.09. The van der Waals surface area contributed by atoms with Crippen LogP contribution in [0.2, 0.25) is 5.02 Å². The van der Waals surface area contributed by atoms with Gasteiger partial charge in [0.2, 0.25) is 11.8 Å². The highest BCUT2D eigenvalue weighted by Crippen LogP contribution is 2.39. The maximum absolute atomic E-state index is 12.5. The first-order chi connectivity index (χ1) is 13.0. The molecule has 0 radical (unpaired) electrons. The summed E-state index contributed by atoms with van der Waals surface area (Å²) >= 11 is 8.07. The van der Waals surface area contributed by atoms with Gasteiger partial charge < -0.3 is 15.0 Å². The number of carbonyl (C=O) groups is 2. The predicted molar refractivity (Wildman–Crippen MR) is 106 cm³/mol. The molecule has 2 aliphatic rings. The Morgan fingerprint density at radius 3 is 2.96 bits per heavy atom. The van der Waals surface area contributed by atoms with Crippen LogP contribution in [0.25, 0.3) is 11.1 Å². The largest absolute Gasteiger partial charge is 0.486 e. The number of ether oxygens (including phenoxy) is 1. The van der Waals surface area contributed by atoms with E-state index in [0.717, 1.165) is 23.1 Å². The number of thiophene rings is 1.